The minimum atomic E-state index is -0.597. The summed E-state index contributed by atoms with van der Waals surface area (Å²) in [4.78, 5) is 11.2. The lowest BCUT2D eigenvalue weighted by molar-refractivity contribution is 0.0562. The molecule has 1 radical (unpaired) electrons. The molecule has 0 fully saturated rings. The molecule has 0 aromatic rings. The maximum atomic E-state index is 10.2. The highest BCUT2D eigenvalue weighted by Crippen LogP contribution is 1.83. The van der Waals surface area contributed by atoms with Crippen LogP contribution in [0.2, 0.25) is 0 Å². The van der Waals surface area contributed by atoms with Crippen molar-refractivity contribution in [2.75, 3.05) is 20.9 Å². The van der Waals surface area contributed by atoms with Gasteiger partial charge in [0.05, 0.1) is 7.11 Å². The van der Waals surface area contributed by atoms with Crippen molar-refractivity contribution in [2.24, 2.45) is 0 Å². The Balaban J connectivity index is 3.46. The summed E-state index contributed by atoms with van der Waals surface area (Å²) in [6, 6.07) is 0. The van der Waals surface area contributed by atoms with Gasteiger partial charge < -0.3 is 4.74 Å². The predicted molar refractivity (Wildman–Crippen MR) is 25.7 cm³/mol. The first kappa shape index (κ1) is 7.23. The normalized spacial score (nSPS) is 8.38. The van der Waals surface area contributed by atoms with Crippen molar-refractivity contribution in [3.05, 3.63) is 0 Å². The third-order valence-electron chi connectivity index (χ3n) is 0.680. The lowest BCUT2D eigenvalue weighted by Crippen LogP contribution is -2.26. The van der Waals surface area contributed by atoms with E-state index in [4.69, 9.17) is 0 Å². The molecule has 4 heteroatoms. The summed E-state index contributed by atoms with van der Waals surface area (Å²) >= 11 is 0. The third kappa shape index (κ3) is 1.79. The summed E-state index contributed by atoms with van der Waals surface area (Å²) in [5.41, 5.74) is 0. The van der Waals surface area contributed by atoms with Crippen LogP contribution in [0.3, 0.4) is 0 Å². The third-order valence-corrected chi connectivity index (χ3v) is 0.680. The van der Waals surface area contributed by atoms with Gasteiger partial charge in [-0.05, 0) is 0 Å². The van der Waals surface area contributed by atoms with E-state index in [2.05, 4.69) is 4.74 Å². The zero-order chi connectivity index (χ0) is 6.57. The quantitative estimate of drug-likeness (QED) is 0.457. The minimum Gasteiger partial charge on any atom is -0.453 e. The Bertz CT molecular complexity index is 83.4. The van der Waals surface area contributed by atoms with Gasteiger partial charge in [0.2, 0.25) is 0 Å². The highest BCUT2D eigenvalue weighted by atomic mass is 16.5. The fourth-order valence-electron chi connectivity index (χ4n) is 0.209. The smallest absolute Gasteiger partial charge is 0.411 e. The standard InChI is InChI=1S/C4H8NO3/c1-5(3-6)4(7)8-2/h3H2,1-2H3. The van der Waals surface area contributed by atoms with Gasteiger partial charge in [0.15, 0.2) is 6.73 Å². The Kier molecular flexibility index (Phi) is 2.95. The van der Waals surface area contributed by atoms with Crippen LogP contribution < -0.4 is 0 Å². The van der Waals surface area contributed by atoms with E-state index in [9.17, 15) is 9.90 Å². The number of carbonyl (C=O) groups is 1. The first-order valence-electron chi connectivity index (χ1n) is 2.09. The van der Waals surface area contributed by atoms with Gasteiger partial charge in [-0.3, -0.25) is 4.90 Å². The maximum absolute atomic E-state index is 10.2. The van der Waals surface area contributed by atoms with Crippen molar-refractivity contribution in [1.82, 2.24) is 4.90 Å². The number of methoxy groups -OCH3 is 1. The van der Waals surface area contributed by atoms with E-state index in [1.54, 1.807) is 0 Å². The predicted octanol–water partition coefficient (Wildman–Crippen LogP) is 0.0726. The lowest BCUT2D eigenvalue weighted by atomic mass is 10.9. The van der Waals surface area contributed by atoms with E-state index in [1.807, 2.05) is 0 Å². The largest absolute Gasteiger partial charge is 0.453 e. The molecule has 0 atom stereocenters. The van der Waals surface area contributed by atoms with E-state index >= 15 is 0 Å². The molecule has 47 valence electrons. The Morgan fingerprint density at radius 3 is 2.38 bits per heavy atom. The molecule has 4 nitrogen and oxygen atoms in total. The maximum Gasteiger partial charge on any atom is 0.411 e. The Hall–Kier alpha value is -0.770. The second-order valence-corrected chi connectivity index (χ2v) is 1.30. The number of hydrogen-bond donors (Lipinski definition) is 0. The van der Waals surface area contributed by atoms with E-state index in [1.165, 1.54) is 14.2 Å². The van der Waals surface area contributed by atoms with Crippen LogP contribution in [0.15, 0.2) is 0 Å². The molecule has 0 bridgehead atoms. The molecule has 0 unspecified atom stereocenters. The van der Waals surface area contributed by atoms with Gasteiger partial charge in [-0.25, -0.2) is 9.90 Å². The average molecular weight is 118 g/mol. The fourth-order valence-corrected chi connectivity index (χ4v) is 0.209. The highest BCUT2D eigenvalue weighted by molar-refractivity contribution is 5.66. The number of nitrogens with zero attached hydrogens (tertiary/aromatic N) is 1. The molecule has 0 aliphatic heterocycles. The SMILES string of the molecule is COC(=O)N(C)C[O]. The van der Waals surface area contributed by atoms with E-state index in [0.29, 0.717) is 0 Å². The summed E-state index contributed by atoms with van der Waals surface area (Å²) < 4.78 is 4.19. The Morgan fingerprint density at radius 1 is 1.75 bits per heavy atom. The summed E-state index contributed by atoms with van der Waals surface area (Å²) in [5.74, 6) is 0. The second kappa shape index (κ2) is 3.26. The van der Waals surface area contributed by atoms with Crippen LogP contribution in [-0.2, 0) is 9.84 Å². The molecule has 1 amide bonds. The van der Waals surface area contributed by atoms with Gasteiger partial charge in [-0.15, -0.1) is 0 Å². The fraction of sp³-hybridized carbons (Fsp3) is 0.750. The van der Waals surface area contributed by atoms with E-state index in [0.717, 1.165) is 4.90 Å². The first-order valence-corrected chi connectivity index (χ1v) is 2.09. The van der Waals surface area contributed by atoms with Crippen molar-refractivity contribution in [1.29, 1.82) is 0 Å². The molecule has 0 N–H and O–H groups in total. The summed E-state index contributed by atoms with van der Waals surface area (Å²) in [7, 11) is 2.60. The molecule has 0 aliphatic carbocycles. The van der Waals surface area contributed by atoms with Crippen molar-refractivity contribution >= 4 is 6.09 Å². The molecule has 8 heavy (non-hydrogen) atoms. The van der Waals surface area contributed by atoms with E-state index in [-0.39, 0.29) is 0 Å². The van der Waals surface area contributed by atoms with Crippen LogP contribution in [0.1, 0.15) is 0 Å². The Labute approximate surface area is 47.7 Å². The minimum absolute atomic E-state index is 0.563. The van der Waals surface area contributed by atoms with Crippen molar-refractivity contribution in [3.8, 4) is 0 Å². The van der Waals surface area contributed by atoms with Crippen LogP contribution in [0, 0.1) is 0 Å². The van der Waals surface area contributed by atoms with Gasteiger partial charge in [-0.2, -0.15) is 0 Å². The van der Waals surface area contributed by atoms with Gasteiger partial charge in [-0.1, -0.05) is 0 Å². The first-order chi connectivity index (χ1) is 3.72. The highest BCUT2D eigenvalue weighted by Gasteiger charge is 2.04. The van der Waals surface area contributed by atoms with Crippen LogP contribution >= 0.6 is 0 Å². The second-order valence-electron chi connectivity index (χ2n) is 1.30. The summed E-state index contributed by atoms with van der Waals surface area (Å²) in [6.07, 6.45) is -0.597. The topological polar surface area (TPSA) is 49.4 Å². The van der Waals surface area contributed by atoms with Crippen molar-refractivity contribution in [2.45, 2.75) is 0 Å². The number of amides is 1. The van der Waals surface area contributed by atoms with Crippen LogP contribution in [0.25, 0.3) is 0 Å². The van der Waals surface area contributed by atoms with Crippen LogP contribution in [-0.4, -0.2) is 31.9 Å². The number of carbonyl (C=O) groups excluding carboxylic acids is 1. The molecule has 0 aliphatic rings. The van der Waals surface area contributed by atoms with Crippen LogP contribution in [0.4, 0.5) is 4.79 Å². The molecular weight excluding hydrogens is 110 g/mol. The molecule has 0 aromatic carbocycles. The molecule has 0 spiro atoms. The van der Waals surface area contributed by atoms with Gasteiger partial charge in [0, 0.05) is 7.05 Å². The van der Waals surface area contributed by atoms with E-state index < -0.39 is 12.8 Å². The molecule has 0 heterocycles. The summed E-state index contributed by atoms with van der Waals surface area (Å²) in [6.45, 7) is -0.563. The van der Waals surface area contributed by atoms with Crippen molar-refractivity contribution < 1.29 is 14.6 Å². The zero-order valence-electron chi connectivity index (χ0n) is 4.88. The van der Waals surface area contributed by atoms with Gasteiger partial charge in [0.25, 0.3) is 0 Å². The van der Waals surface area contributed by atoms with Crippen molar-refractivity contribution in [3.63, 3.8) is 0 Å². The molecule has 0 aromatic heterocycles. The molecule has 0 saturated heterocycles. The lowest BCUT2D eigenvalue weighted by Gasteiger charge is -2.08. The molecular formula is C4H8NO3. The number of ether oxygens (including phenoxy) is 1. The van der Waals surface area contributed by atoms with Crippen LogP contribution in [0.5, 0.6) is 0 Å². The average Bonchev–Trinajstić information content (AvgIpc) is 1.84. The molecule has 0 saturated carbocycles. The summed E-state index contributed by atoms with van der Waals surface area (Å²) in [5, 5.41) is 9.86. The zero-order valence-corrected chi connectivity index (χ0v) is 4.88. The molecule has 0 rings (SSSR count). The Morgan fingerprint density at radius 2 is 2.25 bits per heavy atom. The van der Waals surface area contributed by atoms with Gasteiger partial charge in [0.1, 0.15) is 0 Å². The number of rotatable bonds is 1. The monoisotopic (exact) mass is 118 g/mol. The number of hydrogen-bond acceptors (Lipinski definition) is 2. The van der Waals surface area contributed by atoms with Gasteiger partial charge >= 0.3 is 6.09 Å².